The zero-order chi connectivity index (χ0) is 27.2. The van der Waals surface area contributed by atoms with Crippen LogP contribution in [0.4, 0.5) is 5.69 Å². The molecule has 1 amide bonds. The second-order valence-corrected chi connectivity index (χ2v) is 12.8. The Kier molecular flexibility index (Phi) is 7.28. The lowest BCUT2D eigenvalue weighted by Crippen LogP contribution is -2.49. The molecule has 3 aromatic rings. The van der Waals surface area contributed by atoms with Crippen LogP contribution in [0.2, 0.25) is 5.02 Å². The number of fused-ring (bicyclic) bond motifs is 1. The summed E-state index contributed by atoms with van der Waals surface area (Å²) in [6, 6.07) is 10.4. The first-order valence-electron chi connectivity index (χ1n) is 13.0. The van der Waals surface area contributed by atoms with E-state index in [-0.39, 0.29) is 21.8 Å². The lowest BCUT2D eigenvalue weighted by Gasteiger charge is -2.37. The largest absolute Gasteiger partial charge is 0.368 e. The number of aromatic nitrogens is 1. The van der Waals surface area contributed by atoms with Crippen molar-refractivity contribution in [1.82, 2.24) is 13.8 Å². The molecule has 2 saturated heterocycles. The number of pyridine rings is 1. The smallest absolute Gasteiger partial charge is 0.259 e. The van der Waals surface area contributed by atoms with Gasteiger partial charge in [0, 0.05) is 68.6 Å². The molecule has 0 N–H and O–H groups in total. The van der Waals surface area contributed by atoms with Gasteiger partial charge in [0.25, 0.3) is 5.91 Å². The van der Waals surface area contributed by atoms with Gasteiger partial charge in [-0.2, -0.15) is 4.31 Å². The molecule has 202 valence electrons. The second-order valence-electron chi connectivity index (χ2n) is 10.5. The molecule has 0 radical (unpaired) electrons. The predicted octanol–water partition coefficient (Wildman–Crippen LogP) is 3.88. The molecule has 5 rings (SSSR count). The van der Waals surface area contributed by atoms with E-state index < -0.39 is 15.5 Å². The maximum absolute atomic E-state index is 13.5. The molecule has 0 aliphatic carbocycles. The molecule has 2 aliphatic rings. The minimum absolute atomic E-state index is 0.0498. The molecule has 0 atom stereocenters. The summed E-state index contributed by atoms with van der Waals surface area (Å²) in [7, 11) is -1.96. The fourth-order valence-electron chi connectivity index (χ4n) is 5.40. The fourth-order valence-corrected chi connectivity index (χ4v) is 7.07. The van der Waals surface area contributed by atoms with Gasteiger partial charge in [0.05, 0.1) is 10.4 Å². The minimum atomic E-state index is -3.72. The van der Waals surface area contributed by atoms with Crippen LogP contribution in [-0.4, -0.2) is 67.4 Å². The summed E-state index contributed by atoms with van der Waals surface area (Å²) in [6.45, 7) is 7.27. The van der Waals surface area contributed by atoms with Crippen LogP contribution < -0.4 is 10.3 Å². The summed E-state index contributed by atoms with van der Waals surface area (Å²) >= 11 is 6.20. The third-order valence-electron chi connectivity index (χ3n) is 7.85. The summed E-state index contributed by atoms with van der Waals surface area (Å²) in [5.41, 5.74) is 2.35. The number of anilines is 1. The van der Waals surface area contributed by atoms with E-state index in [2.05, 4.69) is 11.8 Å². The molecule has 38 heavy (non-hydrogen) atoms. The molecule has 2 aliphatic heterocycles. The van der Waals surface area contributed by atoms with Gasteiger partial charge in [-0.1, -0.05) is 24.6 Å². The maximum Gasteiger partial charge on any atom is 0.259 e. The Morgan fingerprint density at radius 2 is 1.66 bits per heavy atom. The Bertz CT molecular complexity index is 1550. The van der Waals surface area contributed by atoms with Gasteiger partial charge >= 0.3 is 0 Å². The Balaban J connectivity index is 1.41. The first-order valence-corrected chi connectivity index (χ1v) is 14.8. The number of piperazine rings is 1. The van der Waals surface area contributed by atoms with Crippen LogP contribution in [0, 0.1) is 12.8 Å². The second kappa shape index (κ2) is 10.4. The van der Waals surface area contributed by atoms with Crippen molar-refractivity contribution in [2.24, 2.45) is 13.0 Å². The van der Waals surface area contributed by atoms with Crippen LogP contribution in [0.15, 0.2) is 52.3 Å². The molecule has 1 aromatic heterocycles. The number of hydrogen-bond acceptors (Lipinski definition) is 5. The zero-order valence-electron chi connectivity index (χ0n) is 22.0. The van der Waals surface area contributed by atoms with E-state index in [1.54, 1.807) is 34.8 Å². The first kappa shape index (κ1) is 26.7. The number of piperidine rings is 1. The molecule has 3 heterocycles. The summed E-state index contributed by atoms with van der Waals surface area (Å²) < 4.78 is 29.9. The molecular formula is C28H33ClN4O4S. The van der Waals surface area contributed by atoms with E-state index in [4.69, 9.17) is 11.6 Å². The van der Waals surface area contributed by atoms with Gasteiger partial charge in [0.15, 0.2) is 0 Å². The number of rotatable bonds is 4. The molecule has 2 fully saturated rings. The maximum atomic E-state index is 13.5. The number of halogens is 1. The Morgan fingerprint density at radius 1 is 0.974 bits per heavy atom. The van der Waals surface area contributed by atoms with Crippen LogP contribution in [0.5, 0.6) is 0 Å². The fraction of sp³-hybridized carbons (Fsp3) is 0.429. The van der Waals surface area contributed by atoms with Crippen LogP contribution in [0.25, 0.3) is 10.9 Å². The van der Waals surface area contributed by atoms with Gasteiger partial charge in [0.2, 0.25) is 15.5 Å². The summed E-state index contributed by atoms with van der Waals surface area (Å²) in [5, 5.41) is 0.901. The van der Waals surface area contributed by atoms with E-state index in [0.29, 0.717) is 55.7 Å². The van der Waals surface area contributed by atoms with E-state index in [1.165, 1.54) is 10.4 Å². The number of carbonyl (C=O) groups is 1. The van der Waals surface area contributed by atoms with Crippen molar-refractivity contribution in [3.63, 3.8) is 0 Å². The summed E-state index contributed by atoms with van der Waals surface area (Å²) in [5.74, 6) is 0.156. The average molecular weight is 557 g/mol. The van der Waals surface area contributed by atoms with E-state index in [0.717, 1.165) is 24.1 Å². The quantitative estimate of drug-likeness (QED) is 0.487. The molecule has 0 spiro atoms. The molecule has 0 unspecified atom stereocenters. The lowest BCUT2D eigenvalue weighted by molar-refractivity contribution is 0.0745. The van der Waals surface area contributed by atoms with Crippen molar-refractivity contribution >= 4 is 44.1 Å². The molecule has 2 aromatic carbocycles. The Hall–Kier alpha value is -2.88. The molecular weight excluding hydrogens is 524 g/mol. The number of carbonyl (C=O) groups excluding carboxylic acids is 1. The number of benzene rings is 2. The number of hydrogen-bond donors (Lipinski definition) is 0. The highest BCUT2D eigenvalue weighted by molar-refractivity contribution is 7.89. The number of aryl methyl sites for hydroxylation is 2. The number of amides is 1. The van der Waals surface area contributed by atoms with Crippen molar-refractivity contribution in [2.75, 3.05) is 44.2 Å². The highest BCUT2D eigenvalue weighted by Gasteiger charge is 2.30. The monoisotopic (exact) mass is 556 g/mol. The SMILES string of the molecule is Cc1ccc(Cl)cc1N1CCN(C(=O)c2cn(C)c3ccc(S(=O)(=O)N4CCC(C)CC4)cc3c2=O)CC1. The normalized spacial score (nSPS) is 17.8. The third-order valence-corrected chi connectivity index (χ3v) is 9.98. The van der Waals surface area contributed by atoms with Gasteiger partial charge in [-0.05, 0) is 61.6 Å². The number of nitrogens with zero attached hydrogens (tertiary/aromatic N) is 4. The van der Waals surface area contributed by atoms with Crippen molar-refractivity contribution in [3.05, 3.63) is 69.0 Å². The molecule has 0 saturated carbocycles. The molecule has 8 nitrogen and oxygen atoms in total. The van der Waals surface area contributed by atoms with Crippen molar-refractivity contribution in [2.45, 2.75) is 31.6 Å². The zero-order valence-corrected chi connectivity index (χ0v) is 23.6. The number of sulfonamides is 1. The van der Waals surface area contributed by atoms with Gasteiger partial charge < -0.3 is 14.4 Å². The van der Waals surface area contributed by atoms with Gasteiger partial charge in [-0.25, -0.2) is 8.42 Å². The van der Waals surface area contributed by atoms with E-state index in [9.17, 15) is 18.0 Å². The molecule has 10 heteroatoms. The van der Waals surface area contributed by atoms with Crippen LogP contribution in [-0.2, 0) is 17.1 Å². The van der Waals surface area contributed by atoms with Gasteiger partial charge in [-0.15, -0.1) is 0 Å². The first-order chi connectivity index (χ1) is 18.1. The van der Waals surface area contributed by atoms with Crippen molar-refractivity contribution in [1.29, 1.82) is 0 Å². The average Bonchev–Trinajstić information content (AvgIpc) is 2.91. The highest BCUT2D eigenvalue weighted by atomic mass is 35.5. The van der Waals surface area contributed by atoms with Crippen LogP contribution in [0.3, 0.4) is 0 Å². The third kappa shape index (κ3) is 4.95. The Morgan fingerprint density at radius 3 is 2.34 bits per heavy atom. The minimum Gasteiger partial charge on any atom is -0.368 e. The topological polar surface area (TPSA) is 82.9 Å². The van der Waals surface area contributed by atoms with Crippen molar-refractivity contribution in [3.8, 4) is 0 Å². The highest BCUT2D eigenvalue weighted by Crippen LogP contribution is 2.27. The molecule has 0 bridgehead atoms. The summed E-state index contributed by atoms with van der Waals surface area (Å²) in [6.07, 6.45) is 3.19. The van der Waals surface area contributed by atoms with Crippen LogP contribution >= 0.6 is 11.6 Å². The standard InChI is InChI=1S/C28H33ClN4O4S/c1-19-8-10-33(11-9-19)38(36,37)22-6-7-25-23(17-22)27(34)24(18-30(25)3)28(35)32-14-12-31(13-15-32)26-16-21(29)5-4-20(26)2/h4-7,16-19H,8-15H2,1-3H3. The Labute approximate surface area is 228 Å². The summed E-state index contributed by atoms with van der Waals surface area (Å²) in [4.78, 5) is 31.0. The van der Waals surface area contributed by atoms with Crippen LogP contribution in [0.1, 0.15) is 35.7 Å². The van der Waals surface area contributed by atoms with Gasteiger partial charge in [-0.3, -0.25) is 9.59 Å². The van der Waals surface area contributed by atoms with Crippen molar-refractivity contribution < 1.29 is 13.2 Å². The van der Waals surface area contributed by atoms with E-state index >= 15 is 0 Å². The lowest BCUT2D eigenvalue weighted by atomic mass is 10.0. The van der Waals surface area contributed by atoms with Gasteiger partial charge in [0.1, 0.15) is 5.56 Å². The predicted molar refractivity (Wildman–Crippen MR) is 151 cm³/mol. The van der Waals surface area contributed by atoms with E-state index in [1.807, 2.05) is 25.1 Å².